The minimum absolute atomic E-state index is 0.190. The zero-order chi connectivity index (χ0) is 13.1. The molecule has 0 heterocycles. The first-order chi connectivity index (χ1) is 8.58. The maximum atomic E-state index is 13.9. The van der Waals surface area contributed by atoms with Crippen LogP contribution in [-0.2, 0) is 6.42 Å². The van der Waals surface area contributed by atoms with Crippen LogP contribution in [0, 0.1) is 19.7 Å². The third-order valence-corrected chi connectivity index (χ3v) is 3.48. The van der Waals surface area contributed by atoms with Crippen LogP contribution >= 0.6 is 11.6 Å². The van der Waals surface area contributed by atoms with Crippen molar-refractivity contribution < 1.29 is 4.39 Å². The minimum atomic E-state index is -0.326. The molecule has 0 bridgehead atoms. The van der Waals surface area contributed by atoms with Gasteiger partial charge in [0.2, 0.25) is 0 Å². The monoisotopic (exact) mass is 262 g/mol. The van der Waals surface area contributed by atoms with Gasteiger partial charge >= 0.3 is 0 Å². The summed E-state index contributed by atoms with van der Waals surface area (Å²) in [6.07, 6.45) is 0.641. The Morgan fingerprint density at radius 1 is 1.06 bits per heavy atom. The second-order valence-electron chi connectivity index (χ2n) is 4.64. The van der Waals surface area contributed by atoms with Gasteiger partial charge in [0.25, 0.3) is 0 Å². The maximum absolute atomic E-state index is 13.9. The fraction of sp³-hybridized carbons (Fsp3) is 0.250. The van der Waals surface area contributed by atoms with Gasteiger partial charge in [-0.15, -0.1) is 11.6 Å². The summed E-state index contributed by atoms with van der Waals surface area (Å²) < 4.78 is 13.9. The first-order valence-electron chi connectivity index (χ1n) is 6.02. The first kappa shape index (κ1) is 13.1. The summed E-state index contributed by atoms with van der Waals surface area (Å²) in [4.78, 5) is 0. The summed E-state index contributed by atoms with van der Waals surface area (Å²) in [6.45, 7) is 3.80. The summed E-state index contributed by atoms with van der Waals surface area (Å²) >= 11 is 6.32. The Bertz CT molecular complexity index is 531. The lowest BCUT2D eigenvalue weighted by Crippen LogP contribution is -2.00. The zero-order valence-corrected chi connectivity index (χ0v) is 11.3. The van der Waals surface area contributed by atoms with E-state index in [0.717, 1.165) is 5.56 Å². The molecule has 1 unspecified atom stereocenters. The van der Waals surface area contributed by atoms with E-state index in [1.807, 2.05) is 37.3 Å². The SMILES string of the molecule is Cc1ccc(CC(Cl)c2cccc(C)c2F)cc1. The third kappa shape index (κ3) is 2.91. The molecule has 18 heavy (non-hydrogen) atoms. The summed E-state index contributed by atoms with van der Waals surface area (Å²) in [5.74, 6) is -0.190. The smallest absolute Gasteiger partial charge is 0.130 e. The second kappa shape index (κ2) is 5.53. The Morgan fingerprint density at radius 2 is 1.72 bits per heavy atom. The quantitative estimate of drug-likeness (QED) is 0.686. The molecule has 0 aliphatic heterocycles. The molecule has 0 aliphatic carbocycles. The molecule has 2 heteroatoms. The van der Waals surface area contributed by atoms with E-state index >= 15 is 0 Å². The van der Waals surface area contributed by atoms with Gasteiger partial charge < -0.3 is 0 Å². The Morgan fingerprint density at radius 3 is 2.39 bits per heavy atom. The molecule has 0 radical (unpaired) electrons. The highest BCUT2D eigenvalue weighted by atomic mass is 35.5. The van der Waals surface area contributed by atoms with Crippen LogP contribution < -0.4 is 0 Å². The number of hydrogen-bond donors (Lipinski definition) is 0. The van der Waals surface area contributed by atoms with E-state index in [1.165, 1.54) is 5.56 Å². The van der Waals surface area contributed by atoms with E-state index in [1.54, 1.807) is 19.1 Å². The first-order valence-corrected chi connectivity index (χ1v) is 6.46. The van der Waals surface area contributed by atoms with Gasteiger partial charge in [-0.1, -0.05) is 48.0 Å². The lowest BCUT2D eigenvalue weighted by molar-refractivity contribution is 0.597. The van der Waals surface area contributed by atoms with Gasteiger partial charge in [0.05, 0.1) is 5.38 Å². The lowest BCUT2D eigenvalue weighted by Gasteiger charge is -2.12. The second-order valence-corrected chi connectivity index (χ2v) is 5.16. The average Bonchev–Trinajstić information content (AvgIpc) is 2.35. The Hall–Kier alpha value is -1.34. The van der Waals surface area contributed by atoms with Crippen molar-refractivity contribution in [2.75, 3.05) is 0 Å². The van der Waals surface area contributed by atoms with E-state index in [9.17, 15) is 4.39 Å². The van der Waals surface area contributed by atoms with Gasteiger partial charge in [-0.3, -0.25) is 0 Å². The molecule has 0 spiro atoms. The van der Waals surface area contributed by atoms with Crippen LogP contribution in [0.2, 0.25) is 0 Å². The van der Waals surface area contributed by atoms with Crippen molar-refractivity contribution in [3.05, 3.63) is 70.5 Å². The average molecular weight is 263 g/mol. The molecule has 0 fully saturated rings. The normalized spacial score (nSPS) is 12.4. The van der Waals surface area contributed by atoms with Gasteiger partial charge in [0.1, 0.15) is 5.82 Å². The van der Waals surface area contributed by atoms with Crippen molar-refractivity contribution in [2.45, 2.75) is 25.6 Å². The molecular weight excluding hydrogens is 247 g/mol. The highest BCUT2D eigenvalue weighted by Crippen LogP contribution is 2.28. The van der Waals surface area contributed by atoms with Crippen molar-refractivity contribution in [1.29, 1.82) is 0 Å². The molecule has 94 valence electrons. The van der Waals surface area contributed by atoms with E-state index in [-0.39, 0.29) is 11.2 Å². The topological polar surface area (TPSA) is 0 Å². The van der Waals surface area contributed by atoms with Crippen LogP contribution in [0.3, 0.4) is 0 Å². The van der Waals surface area contributed by atoms with E-state index in [0.29, 0.717) is 17.5 Å². The van der Waals surface area contributed by atoms with Crippen LogP contribution in [0.25, 0.3) is 0 Å². The fourth-order valence-electron chi connectivity index (χ4n) is 1.95. The van der Waals surface area contributed by atoms with Crippen molar-refractivity contribution in [3.63, 3.8) is 0 Å². The van der Waals surface area contributed by atoms with Crippen LogP contribution in [0.5, 0.6) is 0 Å². The van der Waals surface area contributed by atoms with Crippen LogP contribution in [-0.4, -0.2) is 0 Å². The Balaban J connectivity index is 2.19. The highest BCUT2D eigenvalue weighted by Gasteiger charge is 2.14. The number of aryl methyl sites for hydroxylation is 2. The molecular formula is C16H16ClF. The van der Waals surface area contributed by atoms with Crippen molar-refractivity contribution >= 4 is 11.6 Å². The number of hydrogen-bond acceptors (Lipinski definition) is 0. The fourth-order valence-corrected chi connectivity index (χ4v) is 2.30. The largest absolute Gasteiger partial charge is 0.206 e. The predicted molar refractivity (Wildman–Crippen MR) is 74.6 cm³/mol. The van der Waals surface area contributed by atoms with Gasteiger partial charge in [-0.25, -0.2) is 4.39 Å². The van der Waals surface area contributed by atoms with Crippen LogP contribution in [0.4, 0.5) is 4.39 Å². The van der Waals surface area contributed by atoms with Gasteiger partial charge in [0, 0.05) is 5.56 Å². The summed E-state index contributed by atoms with van der Waals surface area (Å²) in [6, 6.07) is 13.5. The lowest BCUT2D eigenvalue weighted by atomic mass is 10.0. The molecule has 0 aromatic heterocycles. The molecule has 0 saturated carbocycles. The molecule has 0 N–H and O–H groups in total. The number of rotatable bonds is 3. The van der Waals surface area contributed by atoms with Crippen LogP contribution in [0.1, 0.15) is 27.6 Å². The molecule has 2 rings (SSSR count). The zero-order valence-electron chi connectivity index (χ0n) is 10.6. The van der Waals surface area contributed by atoms with Crippen molar-refractivity contribution in [2.24, 2.45) is 0 Å². The van der Waals surface area contributed by atoms with Gasteiger partial charge in [-0.05, 0) is 31.4 Å². The Kier molecular flexibility index (Phi) is 4.03. The molecule has 1 atom stereocenters. The molecule has 0 saturated heterocycles. The summed E-state index contributed by atoms with van der Waals surface area (Å²) in [7, 11) is 0. The molecule has 0 amide bonds. The third-order valence-electron chi connectivity index (χ3n) is 3.09. The summed E-state index contributed by atoms with van der Waals surface area (Å²) in [5.41, 5.74) is 3.56. The molecule has 2 aromatic rings. The van der Waals surface area contributed by atoms with Gasteiger partial charge in [0.15, 0.2) is 0 Å². The molecule has 0 aliphatic rings. The minimum Gasteiger partial charge on any atom is -0.206 e. The number of benzene rings is 2. The number of alkyl halides is 1. The van der Waals surface area contributed by atoms with E-state index in [4.69, 9.17) is 11.6 Å². The molecule has 2 aromatic carbocycles. The number of halogens is 2. The standard InChI is InChI=1S/C16H16ClF/c1-11-6-8-13(9-7-11)10-15(17)14-5-3-4-12(2)16(14)18/h3-9,15H,10H2,1-2H3. The highest BCUT2D eigenvalue weighted by molar-refractivity contribution is 6.20. The van der Waals surface area contributed by atoms with Crippen LogP contribution in [0.15, 0.2) is 42.5 Å². The maximum Gasteiger partial charge on any atom is 0.130 e. The van der Waals surface area contributed by atoms with Crippen molar-refractivity contribution in [3.8, 4) is 0 Å². The van der Waals surface area contributed by atoms with Crippen molar-refractivity contribution in [1.82, 2.24) is 0 Å². The summed E-state index contributed by atoms with van der Waals surface area (Å²) in [5, 5.41) is -0.326. The molecule has 0 nitrogen and oxygen atoms in total. The predicted octanol–water partition coefficient (Wildman–Crippen LogP) is 4.97. The van der Waals surface area contributed by atoms with E-state index < -0.39 is 0 Å². The van der Waals surface area contributed by atoms with E-state index in [2.05, 4.69) is 0 Å². The van der Waals surface area contributed by atoms with Gasteiger partial charge in [-0.2, -0.15) is 0 Å². The Labute approximate surface area is 112 Å².